The highest BCUT2D eigenvalue weighted by molar-refractivity contribution is 7.07. The van der Waals surface area contributed by atoms with E-state index in [4.69, 9.17) is 0 Å². The first kappa shape index (κ1) is 14.5. The Morgan fingerprint density at radius 3 is 2.70 bits per heavy atom. The second kappa shape index (κ2) is 6.49. The van der Waals surface area contributed by atoms with Crippen LogP contribution < -0.4 is 5.32 Å². The first-order chi connectivity index (χ1) is 9.56. The van der Waals surface area contributed by atoms with Gasteiger partial charge in [0.2, 0.25) is 0 Å². The van der Waals surface area contributed by atoms with Crippen LogP contribution in [-0.2, 0) is 6.54 Å². The van der Waals surface area contributed by atoms with E-state index in [0.29, 0.717) is 12.2 Å². The number of anilines is 1. The fraction of sp³-hybridized carbons (Fsp3) is 0.286. The summed E-state index contributed by atoms with van der Waals surface area (Å²) < 4.78 is 0. The van der Waals surface area contributed by atoms with E-state index >= 15 is 0 Å². The second-order valence-electron chi connectivity index (χ2n) is 4.56. The molecule has 1 atom stereocenters. The minimum atomic E-state index is -0.507. The summed E-state index contributed by atoms with van der Waals surface area (Å²) in [5, 5.41) is 14.1. The van der Waals surface area contributed by atoms with Crippen LogP contribution in [0.5, 0.6) is 0 Å². The number of hydrogen-bond acceptors (Lipinski definition) is 4. The molecule has 0 saturated heterocycles. The maximum absolute atomic E-state index is 12.0. The number of aliphatic hydroxyl groups is 1. The maximum atomic E-state index is 12.0. The van der Waals surface area contributed by atoms with Gasteiger partial charge in [0.15, 0.2) is 0 Å². The molecule has 2 rings (SSSR count). The molecule has 0 radical (unpaired) electrons. The SMILES string of the molecule is CC(O)c1ccc(NC(=O)N(C)Cc2cscn2)cc1. The molecule has 0 fully saturated rings. The van der Waals surface area contributed by atoms with Gasteiger partial charge < -0.3 is 15.3 Å². The third-order valence-corrected chi connectivity index (χ3v) is 3.51. The summed E-state index contributed by atoms with van der Waals surface area (Å²) in [7, 11) is 1.72. The lowest BCUT2D eigenvalue weighted by atomic mass is 10.1. The van der Waals surface area contributed by atoms with Gasteiger partial charge in [-0.3, -0.25) is 0 Å². The zero-order chi connectivity index (χ0) is 14.5. The second-order valence-corrected chi connectivity index (χ2v) is 5.28. The van der Waals surface area contributed by atoms with E-state index in [1.54, 1.807) is 48.6 Å². The molecule has 2 amide bonds. The molecule has 106 valence electrons. The van der Waals surface area contributed by atoms with Crippen LogP contribution in [0.25, 0.3) is 0 Å². The van der Waals surface area contributed by atoms with Gasteiger partial charge in [-0.25, -0.2) is 9.78 Å². The van der Waals surface area contributed by atoms with Crippen molar-refractivity contribution in [2.45, 2.75) is 19.6 Å². The highest BCUT2D eigenvalue weighted by Crippen LogP contribution is 2.16. The van der Waals surface area contributed by atoms with Gasteiger partial charge in [0, 0.05) is 18.1 Å². The van der Waals surface area contributed by atoms with Crippen molar-refractivity contribution in [1.29, 1.82) is 0 Å². The Bertz CT molecular complexity index is 552. The molecular formula is C14H17N3O2S. The third-order valence-electron chi connectivity index (χ3n) is 2.87. The molecule has 2 N–H and O–H groups in total. The van der Waals surface area contributed by atoms with Crippen LogP contribution in [0.2, 0.25) is 0 Å². The Labute approximate surface area is 121 Å². The third kappa shape index (κ3) is 3.79. The lowest BCUT2D eigenvalue weighted by Crippen LogP contribution is -2.30. The number of carbonyl (C=O) groups excluding carboxylic acids is 1. The van der Waals surface area contributed by atoms with Crippen molar-refractivity contribution in [2.24, 2.45) is 0 Å². The van der Waals surface area contributed by atoms with Crippen molar-refractivity contribution in [3.8, 4) is 0 Å². The summed E-state index contributed by atoms with van der Waals surface area (Å²) >= 11 is 1.51. The van der Waals surface area contributed by atoms with Gasteiger partial charge in [-0.15, -0.1) is 11.3 Å². The largest absolute Gasteiger partial charge is 0.389 e. The van der Waals surface area contributed by atoms with Gasteiger partial charge in [0.05, 0.1) is 23.9 Å². The number of nitrogens with one attached hydrogen (secondary N) is 1. The smallest absolute Gasteiger partial charge is 0.321 e. The van der Waals surface area contributed by atoms with Gasteiger partial charge in [-0.05, 0) is 24.6 Å². The number of urea groups is 1. The molecule has 1 aromatic heterocycles. The zero-order valence-corrected chi connectivity index (χ0v) is 12.2. The topological polar surface area (TPSA) is 65.5 Å². The first-order valence-electron chi connectivity index (χ1n) is 6.23. The van der Waals surface area contributed by atoms with E-state index in [1.807, 2.05) is 5.38 Å². The van der Waals surface area contributed by atoms with E-state index in [9.17, 15) is 9.90 Å². The van der Waals surface area contributed by atoms with Crippen molar-refractivity contribution >= 4 is 23.1 Å². The monoisotopic (exact) mass is 291 g/mol. The molecule has 1 heterocycles. The number of thiazole rings is 1. The highest BCUT2D eigenvalue weighted by Gasteiger charge is 2.10. The van der Waals surface area contributed by atoms with Crippen LogP contribution in [0.4, 0.5) is 10.5 Å². The fourth-order valence-corrected chi connectivity index (χ4v) is 2.24. The molecule has 20 heavy (non-hydrogen) atoms. The molecular weight excluding hydrogens is 274 g/mol. The van der Waals surface area contributed by atoms with Crippen LogP contribution in [0.3, 0.4) is 0 Å². The van der Waals surface area contributed by atoms with Crippen molar-refractivity contribution in [2.75, 3.05) is 12.4 Å². The normalized spacial score (nSPS) is 11.9. The molecule has 2 aromatic rings. The number of aromatic nitrogens is 1. The Kier molecular flexibility index (Phi) is 4.70. The molecule has 0 aliphatic heterocycles. The Balaban J connectivity index is 1.93. The maximum Gasteiger partial charge on any atom is 0.321 e. The number of rotatable bonds is 4. The molecule has 6 heteroatoms. The first-order valence-corrected chi connectivity index (χ1v) is 7.18. The van der Waals surface area contributed by atoms with Crippen molar-refractivity contribution in [3.63, 3.8) is 0 Å². The van der Waals surface area contributed by atoms with Gasteiger partial charge in [0.25, 0.3) is 0 Å². The van der Waals surface area contributed by atoms with E-state index < -0.39 is 6.10 Å². The van der Waals surface area contributed by atoms with E-state index in [-0.39, 0.29) is 6.03 Å². The highest BCUT2D eigenvalue weighted by atomic mass is 32.1. The average Bonchev–Trinajstić information content (AvgIpc) is 2.92. The molecule has 5 nitrogen and oxygen atoms in total. The standard InChI is InChI=1S/C14H17N3O2S/c1-10(18)11-3-5-12(6-4-11)16-14(19)17(2)7-13-8-20-9-15-13/h3-6,8-10,18H,7H2,1-2H3,(H,16,19). The van der Waals surface area contributed by atoms with Gasteiger partial charge in [-0.1, -0.05) is 12.1 Å². The van der Waals surface area contributed by atoms with Crippen LogP contribution in [0.1, 0.15) is 24.3 Å². The number of amides is 2. The number of benzene rings is 1. The summed E-state index contributed by atoms with van der Waals surface area (Å²) in [6, 6.07) is 6.94. The Morgan fingerprint density at radius 2 is 2.15 bits per heavy atom. The number of nitrogens with zero attached hydrogens (tertiary/aromatic N) is 2. The van der Waals surface area contributed by atoms with Gasteiger partial charge >= 0.3 is 6.03 Å². The van der Waals surface area contributed by atoms with E-state index in [1.165, 1.54) is 11.3 Å². The van der Waals surface area contributed by atoms with Crippen molar-refractivity contribution in [3.05, 3.63) is 46.4 Å². The molecule has 0 bridgehead atoms. The molecule has 1 unspecified atom stereocenters. The minimum absolute atomic E-state index is 0.192. The Morgan fingerprint density at radius 1 is 1.45 bits per heavy atom. The van der Waals surface area contributed by atoms with Crippen LogP contribution in [-0.4, -0.2) is 28.1 Å². The molecule has 0 aliphatic carbocycles. The lowest BCUT2D eigenvalue weighted by Gasteiger charge is -2.17. The van der Waals surface area contributed by atoms with Crippen molar-refractivity contribution < 1.29 is 9.90 Å². The molecule has 0 saturated carbocycles. The van der Waals surface area contributed by atoms with E-state index in [0.717, 1.165) is 11.3 Å². The number of hydrogen-bond donors (Lipinski definition) is 2. The predicted molar refractivity (Wildman–Crippen MR) is 79.7 cm³/mol. The summed E-state index contributed by atoms with van der Waals surface area (Å²) in [6.45, 7) is 2.18. The fourth-order valence-electron chi connectivity index (χ4n) is 1.69. The quantitative estimate of drug-likeness (QED) is 0.910. The average molecular weight is 291 g/mol. The molecule has 0 spiro atoms. The van der Waals surface area contributed by atoms with Gasteiger partial charge in [0.1, 0.15) is 0 Å². The van der Waals surface area contributed by atoms with Crippen LogP contribution in [0.15, 0.2) is 35.2 Å². The summed E-state index contributed by atoms with van der Waals surface area (Å²) in [4.78, 5) is 17.7. The van der Waals surface area contributed by atoms with Crippen LogP contribution >= 0.6 is 11.3 Å². The summed E-state index contributed by atoms with van der Waals surface area (Å²) in [5.74, 6) is 0. The van der Waals surface area contributed by atoms with E-state index in [2.05, 4.69) is 10.3 Å². The zero-order valence-electron chi connectivity index (χ0n) is 11.4. The Hall–Kier alpha value is -1.92. The molecule has 0 aliphatic rings. The van der Waals surface area contributed by atoms with Crippen molar-refractivity contribution in [1.82, 2.24) is 9.88 Å². The number of aliphatic hydroxyl groups excluding tert-OH is 1. The predicted octanol–water partition coefficient (Wildman–Crippen LogP) is 2.86. The summed E-state index contributed by atoms with van der Waals surface area (Å²) in [6.07, 6.45) is -0.507. The molecule has 1 aromatic carbocycles. The lowest BCUT2D eigenvalue weighted by molar-refractivity contribution is 0.199. The summed E-state index contributed by atoms with van der Waals surface area (Å²) in [5.41, 5.74) is 4.14. The van der Waals surface area contributed by atoms with Gasteiger partial charge in [-0.2, -0.15) is 0 Å². The van der Waals surface area contributed by atoms with Crippen LogP contribution in [0, 0.1) is 0 Å². The number of carbonyl (C=O) groups is 1. The minimum Gasteiger partial charge on any atom is -0.389 e.